The van der Waals surface area contributed by atoms with Gasteiger partial charge in [-0.05, 0) is 42.8 Å². The number of hydrogen-bond donors (Lipinski definition) is 1. The largest absolute Gasteiger partial charge is 0.493 e. The van der Waals surface area contributed by atoms with Crippen molar-refractivity contribution < 1.29 is 32.3 Å². The highest BCUT2D eigenvalue weighted by atomic mass is 32.2. The van der Waals surface area contributed by atoms with Crippen LogP contribution < -0.4 is 14.8 Å². The number of sulfonamides is 1. The zero-order chi connectivity index (χ0) is 23.0. The van der Waals surface area contributed by atoms with Gasteiger partial charge in [0.2, 0.25) is 0 Å². The van der Waals surface area contributed by atoms with Gasteiger partial charge in [-0.3, -0.25) is 9.63 Å². The van der Waals surface area contributed by atoms with E-state index in [4.69, 9.17) is 19.0 Å². The fourth-order valence-corrected chi connectivity index (χ4v) is 3.73. The molecule has 0 aliphatic carbocycles. The van der Waals surface area contributed by atoms with E-state index in [1.165, 1.54) is 39.5 Å². The topological polar surface area (TPSA) is 103 Å². The SMILES string of the molecule is COCCOc1ccc(C(C)NC(=O)c2cccc(S(=O)(=O)N(C)OC)c2)cc1OC. The second-order valence-electron chi connectivity index (χ2n) is 6.57. The van der Waals surface area contributed by atoms with Gasteiger partial charge in [0, 0.05) is 19.7 Å². The summed E-state index contributed by atoms with van der Waals surface area (Å²) >= 11 is 0. The molecule has 1 amide bonds. The molecule has 0 aliphatic heterocycles. The van der Waals surface area contributed by atoms with Gasteiger partial charge >= 0.3 is 0 Å². The quantitative estimate of drug-likeness (QED) is 0.412. The van der Waals surface area contributed by atoms with Crippen molar-refractivity contribution in [1.82, 2.24) is 9.79 Å². The molecule has 170 valence electrons. The molecule has 0 heterocycles. The first-order chi connectivity index (χ1) is 14.7. The van der Waals surface area contributed by atoms with E-state index >= 15 is 0 Å². The predicted octanol–water partition coefficient (Wildman–Crippen LogP) is 2.39. The van der Waals surface area contributed by atoms with Gasteiger partial charge in [-0.1, -0.05) is 16.6 Å². The summed E-state index contributed by atoms with van der Waals surface area (Å²) in [5.41, 5.74) is 1.01. The summed E-state index contributed by atoms with van der Waals surface area (Å²) < 4.78 is 41.5. The Morgan fingerprint density at radius 3 is 2.45 bits per heavy atom. The number of methoxy groups -OCH3 is 2. The molecule has 0 saturated heterocycles. The van der Waals surface area contributed by atoms with Crippen LogP contribution in [0.2, 0.25) is 0 Å². The van der Waals surface area contributed by atoms with Crippen molar-refractivity contribution in [2.24, 2.45) is 0 Å². The molecule has 0 aromatic heterocycles. The minimum atomic E-state index is -3.86. The third-order valence-corrected chi connectivity index (χ3v) is 6.25. The van der Waals surface area contributed by atoms with Crippen LogP contribution in [0, 0.1) is 0 Å². The highest BCUT2D eigenvalue weighted by molar-refractivity contribution is 7.89. The smallest absolute Gasteiger partial charge is 0.264 e. The fraction of sp³-hybridized carbons (Fsp3) is 0.381. The lowest BCUT2D eigenvalue weighted by Gasteiger charge is -2.18. The van der Waals surface area contributed by atoms with Crippen LogP contribution in [0.3, 0.4) is 0 Å². The first-order valence-corrected chi connectivity index (χ1v) is 10.9. The number of nitrogens with zero attached hydrogens (tertiary/aromatic N) is 1. The van der Waals surface area contributed by atoms with E-state index in [1.54, 1.807) is 25.3 Å². The Kier molecular flexibility index (Phi) is 8.81. The summed E-state index contributed by atoms with van der Waals surface area (Å²) in [5, 5.41) is 2.86. The van der Waals surface area contributed by atoms with Crippen LogP contribution >= 0.6 is 0 Å². The molecule has 10 heteroatoms. The first kappa shape index (κ1) is 24.6. The Hall–Kier alpha value is -2.66. The molecule has 31 heavy (non-hydrogen) atoms. The van der Waals surface area contributed by atoms with Crippen molar-refractivity contribution in [3.63, 3.8) is 0 Å². The Labute approximate surface area is 182 Å². The zero-order valence-corrected chi connectivity index (χ0v) is 19.1. The average Bonchev–Trinajstić information content (AvgIpc) is 2.78. The van der Waals surface area contributed by atoms with E-state index in [-0.39, 0.29) is 16.5 Å². The Balaban J connectivity index is 2.16. The number of benzene rings is 2. The molecule has 2 rings (SSSR count). The standard InChI is InChI=1S/C21H28N2O7S/c1-15(16-9-10-19(20(14-16)28-4)30-12-11-27-3)22-21(24)17-7-6-8-18(13-17)31(25,26)23(2)29-5/h6-10,13-15H,11-12H2,1-5H3,(H,22,24). The molecule has 0 saturated carbocycles. The van der Waals surface area contributed by atoms with Gasteiger partial charge in [0.15, 0.2) is 11.5 Å². The molecule has 9 nitrogen and oxygen atoms in total. The van der Waals surface area contributed by atoms with E-state index in [0.29, 0.717) is 24.7 Å². The van der Waals surface area contributed by atoms with Crippen LogP contribution in [0.4, 0.5) is 0 Å². The minimum absolute atomic E-state index is 0.0450. The van der Waals surface area contributed by atoms with E-state index in [1.807, 2.05) is 13.0 Å². The molecule has 0 aliphatic rings. The number of rotatable bonds is 11. The van der Waals surface area contributed by atoms with Gasteiger partial charge < -0.3 is 19.5 Å². The minimum Gasteiger partial charge on any atom is -0.493 e. The predicted molar refractivity (Wildman–Crippen MR) is 115 cm³/mol. The van der Waals surface area contributed by atoms with Crippen molar-refractivity contribution in [2.75, 3.05) is 41.6 Å². The molecular formula is C21H28N2O7S. The summed E-state index contributed by atoms with van der Waals surface area (Å²) in [6.07, 6.45) is 0. The van der Waals surface area contributed by atoms with Crippen LogP contribution in [0.1, 0.15) is 28.9 Å². The number of nitrogens with one attached hydrogen (secondary N) is 1. The summed E-state index contributed by atoms with van der Waals surface area (Å²) in [5.74, 6) is 0.691. The van der Waals surface area contributed by atoms with Gasteiger partial charge in [0.1, 0.15) is 6.61 Å². The van der Waals surface area contributed by atoms with Crippen molar-refractivity contribution in [3.8, 4) is 11.5 Å². The zero-order valence-electron chi connectivity index (χ0n) is 18.2. The molecule has 1 unspecified atom stereocenters. The summed E-state index contributed by atoms with van der Waals surface area (Å²) in [4.78, 5) is 17.4. The van der Waals surface area contributed by atoms with Crippen molar-refractivity contribution in [1.29, 1.82) is 0 Å². The number of carbonyl (C=O) groups excluding carboxylic acids is 1. The fourth-order valence-electron chi connectivity index (χ4n) is 2.72. The number of hydrogen-bond acceptors (Lipinski definition) is 7. The number of carbonyl (C=O) groups is 1. The molecule has 2 aromatic carbocycles. The summed E-state index contributed by atoms with van der Waals surface area (Å²) in [6, 6.07) is 10.8. The van der Waals surface area contributed by atoms with Crippen LogP contribution in [-0.4, -0.2) is 60.4 Å². The monoisotopic (exact) mass is 452 g/mol. The van der Waals surface area contributed by atoms with Crippen molar-refractivity contribution in [2.45, 2.75) is 17.9 Å². The number of amides is 1. The lowest BCUT2D eigenvalue weighted by Crippen LogP contribution is -2.28. The van der Waals surface area contributed by atoms with Gasteiger partial charge in [-0.25, -0.2) is 8.42 Å². The van der Waals surface area contributed by atoms with Gasteiger partial charge in [0.25, 0.3) is 15.9 Å². The maximum atomic E-state index is 12.7. The van der Waals surface area contributed by atoms with E-state index in [9.17, 15) is 13.2 Å². The Morgan fingerprint density at radius 2 is 1.81 bits per heavy atom. The molecule has 0 radical (unpaired) electrons. The number of hydroxylamine groups is 1. The van der Waals surface area contributed by atoms with E-state index in [0.717, 1.165) is 10.0 Å². The van der Waals surface area contributed by atoms with Crippen LogP contribution in [-0.2, 0) is 19.6 Å². The Morgan fingerprint density at radius 1 is 1.06 bits per heavy atom. The second kappa shape index (κ2) is 11.1. The van der Waals surface area contributed by atoms with Crippen LogP contribution in [0.15, 0.2) is 47.4 Å². The second-order valence-corrected chi connectivity index (χ2v) is 8.51. The average molecular weight is 453 g/mol. The van der Waals surface area contributed by atoms with Crippen LogP contribution in [0.25, 0.3) is 0 Å². The molecule has 0 spiro atoms. The van der Waals surface area contributed by atoms with Crippen molar-refractivity contribution in [3.05, 3.63) is 53.6 Å². The highest BCUT2D eigenvalue weighted by Gasteiger charge is 2.22. The van der Waals surface area contributed by atoms with E-state index < -0.39 is 15.9 Å². The Bertz CT molecular complexity index is 995. The molecule has 0 bridgehead atoms. The third kappa shape index (κ3) is 6.17. The van der Waals surface area contributed by atoms with Gasteiger partial charge in [0.05, 0.1) is 31.8 Å². The molecule has 1 N–H and O–H groups in total. The summed E-state index contributed by atoms with van der Waals surface area (Å²) in [7, 11) is 1.80. The molecule has 0 fully saturated rings. The third-order valence-electron chi connectivity index (χ3n) is 4.57. The molecular weight excluding hydrogens is 424 g/mol. The lowest BCUT2D eigenvalue weighted by atomic mass is 10.1. The van der Waals surface area contributed by atoms with Crippen molar-refractivity contribution >= 4 is 15.9 Å². The van der Waals surface area contributed by atoms with Gasteiger partial charge in [-0.15, -0.1) is 0 Å². The van der Waals surface area contributed by atoms with Crippen LogP contribution in [0.5, 0.6) is 11.5 Å². The number of ether oxygens (including phenoxy) is 3. The maximum Gasteiger partial charge on any atom is 0.264 e. The maximum absolute atomic E-state index is 12.7. The van der Waals surface area contributed by atoms with Gasteiger partial charge in [-0.2, -0.15) is 0 Å². The normalized spacial score (nSPS) is 12.5. The lowest BCUT2D eigenvalue weighted by molar-refractivity contribution is -0.0258. The highest BCUT2D eigenvalue weighted by Crippen LogP contribution is 2.30. The molecule has 2 aromatic rings. The summed E-state index contributed by atoms with van der Waals surface area (Å²) in [6.45, 7) is 2.65. The first-order valence-electron chi connectivity index (χ1n) is 9.48. The van der Waals surface area contributed by atoms with E-state index in [2.05, 4.69) is 5.32 Å². The molecule has 1 atom stereocenters.